The number of ketones is 1. The van der Waals surface area contributed by atoms with Gasteiger partial charge in [-0.1, -0.05) is 51.1 Å². The molecule has 1 atom stereocenters. The third-order valence-electron chi connectivity index (χ3n) is 6.48. The zero-order valence-corrected chi connectivity index (χ0v) is 22.5. The number of thiazole rings is 1. The van der Waals surface area contributed by atoms with Gasteiger partial charge in [-0.15, -0.1) is 11.3 Å². The van der Waals surface area contributed by atoms with Crippen molar-refractivity contribution in [1.82, 2.24) is 9.88 Å². The van der Waals surface area contributed by atoms with Crippen LogP contribution in [0.4, 0.5) is 13.2 Å². The summed E-state index contributed by atoms with van der Waals surface area (Å²) < 4.78 is 63.4. The molecule has 0 N–H and O–H groups in total. The Morgan fingerprint density at radius 1 is 1.11 bits per heavy atom. The number of Topliss-reactive ketones (excluding diaryl/α,β-unsaturated/α-hetero) is 1. The first kappa shape index (κ1) is 27.5. The number of halogens is 3. The molecule has 0 aliphatic carbocycles. The summed E-state index contributed by atoms with van der Waals surface area (Å²) in [7, 11) is -3.28. The molecule has 3 aromatic rings. The van der Waals surface area contributed by atoms with E-state index >= 15 is 0 Å². The molecule has 1 aliphatic heterocycles. The first-order chi connectivity index (χ1) is 17.4. The summed E-state index contributed by atoms with van der Waals surface area (Å²) in [6, 6.07) is 11.8. The van der Waals surface area contributed by atoms with Crippen LogP contribution in [-0.4, -0.2) is 29.8 Å². The molecule has 0 fully saturated rings. The van der Waals surface area contributed by atoms with Crippen LogP contribution in [0.2, 0.25) is 0 Å². The van der Waals surface area contributed by atoms with Gasteiger partial charge in [-0.3, -0.25) is 9.69 Å². The van der Waals surface area contributed by atoms with Crippen molar-refractivity contribution in [3.63, 3.8) is 0 Å². The Morgan fingerprint density at radius 2 is 1.81 bits per heavy atom. The zero-order chi connectivity index (χ0) is 27.0. The third-order valence-corrected chi connectivity index (χ3v) is 9.28. The topological polar surface area (TPSA) is 67.3 Å². The standard InChI is InChI=1S/C27H29F3N2O3S2/c1-4-37(34,35)22-10-8-18(9-11-22)13-21(33)14-24-31-25-23(36-24)16-32(26(25)17(2)3)15-19-6-5-7-20(12-19)27(28,29)30/h5-12,17,26H,4,13-16H2,1-3H3/t26-/m1/s1. The van der Waals surface area contributed by atoms with Crippen LogP contribution >= 0.6 is 11.3 Å². The maximum Gasteiger partial charge on any atom is 0.416 e. The van der Waals surface area contributed by atoms with Crippen molar-refractivity contribution in [3.05, 3.63) is 80.8 Å². The highest BCUT2D eigenvalue weighted by molar-refractivity contribution is 7.91. The molecule has 198 valence electrons. The number of hydrogen-bond acceptors (Lipinski definition) is 6. The van der Waals surface area contributed by atoms with Crippen LogP contribution in [0.5, 0.6) is 0 Å². The number of benzene rings is 2. The van der Waals surface area contributed by atoms with E-state index < -0.39 is 21.6 Å². The minimum absolute atomic E-state index is 0.0135. The van der Waals surface area contributed by atoms with Crippen molar-refractivity contribution >= 4 is 27.0 Å². The molecule has 1 aliphatic rings. The largest absolute Gasteiger partial charge is 0.416 e. The molecule has 2 heterocycles. The predicted octanol–water partition coefficient (Wildman–Crippen LogP) is 6.02. The lowest BCUT2D eigenvalue weighted by atomic mass is 10.0. The predicted molar refractivity (Wildman–Crippen MR) is 137 cm³/mol. The van der Waals surface area contributed by atoms with Crippen LogP contribution in [0.1, 0.15) is 59.1 Å². The third kappa shape index (κ3) is 6.30. The van der Waals surface area contributed by atoms with Crippen LogP contribution in [-0.2, 0) is 46.7 Å². The van der Waals surface area contributed by atoms with E-state index in [1.807, 2.05) is 0 Å². The monoisotopic (exact) mass is 550 g/mol. The number of nitrogens with zero attached hydrogens (tertiary/aromatic N) is 2. The van der Waals surface area contributed by atoms with E-state index in [9.17, 15) is 26.4 Å². The van der Waals surface area contributed by atoms with Gasteiger partial charge in [0.2, 0.25) is 0 Å². The molecule has 2 aromatic carbocycles. The Bertz CT molecular complexity index is 1380. The second-order valence-corrected chi connectivity index (χ2v) is 13.1. The first-order valence-electron chi connectivity index (χ1n) is 12.1. The second kappa shape index (κ2) is 10.7. The highest BCUT2D eigenvalue weighted by Gasteiger charge is 2.36. The molecule has 1 aromatic heterocycles. The Labute approximate surface area is 219 Å². The van der Waals surface area contributed by atoms with Gasteiger partial charge in [-0.2, -0.15) is 13.2 Å². The van der Waals surface area contributed by atoms with E-state index in [1.165, 1.54) is 35.6 Å². The molecule has 0 radical (unpaired) electrons. The molecule has 5 nitrogen and oxygen atoms in total. The van der Waals surface area contributed by atoms with E-state index in [1.54, 1.807) is 25.1 Å². The van der Waals surface area contributed by atoms with Gasteiger partial charge in [0, 0.05) is 24.4 Å². The van der Waals surface area contributed by atoms with Crippen LogP contribution < -0.4 is 0 Å². The lowest BCUT2D eigenvalue weighted by Gasteiger charge is -2.28. The summed E-state index contributed by atoms with van der Waals surface area (Å²) in [5.74, 6) is 0.199. The van der Waals surface area contributed by atoms with Gasteiger partial charge in [0.05, 0.1) is 34.4 Å². The Kier molecular flexibility index (Phi) is 7.92. The normalized spacial score (nSPS) is 16.4. The Hall–Kier alpha value is -2.56. The molecular weight excluding hydrogens is 521 g/mol. The second-order valence-electron chi connectivity index (χ2n) is 9.65. The van der Waals surface area contributed by atoms with Gasteiger partial charge in [0.25, 0.3) is 0 Å². The first-order valence-corrected chi connectivity index (χ1v) is 14.6. The molecule has 0 saturated carbocycles. The van der Waals surface area contributed by atoms with Crippen molar-refractivity contribution in [2.75, 3.05) is 5.75 Å². The molecule has 0 amide bonds. The molecule has 37 heavy (non-hydrogen) atoms. The molecular formula is C27H29F3N2O3S2. The number of aromatic nitrogens is 1. The van der Waals surface area contributed by atoms with Gasteiger partial charge in [-0.25, -0.2) is 13.4 Å². The van der Waals surface area contributed by atoms with Crippen molar-refractivity contribution in [2.45, 2.75) is 63.8 Å². The van der Waals surface area contributed by atoms with Crippen LogP contribution in [0.15, 0.2) is 53.4 Å². The van der Waals surface area contributed by atoms with Gasteiger partial charge in [0.1, 0.15) is 10.8 Å². The summed E-state index contributed by atoms with van der Waals surface area (Å²) >= 11 is 1.48. The molecule has 0 bridgehead atoms. The lowest BCUT2D eigenvalue weighted by molar-refractivity contribution is -0.137. The average molecular weight is 551 g/mol. The van der Waals surface area contributed by atoms with E-state index in [-0.39, 0.29) is 41.2 Å². The van der Waals surface area contributed by atoms with E-state index in [4.69, 9.17) is 4.98 Å². The number of carbonyl (C=O) groups is 1. The SMILES string of the molecule is CCS(=O)(=O)c1ccc(CC(=O)Cc2nc3c(s2)CN(Cc2cccc(C(F)(F)F)c2)[C@@H]3C(C)C)cc1. The molecule has 0 unspecified atom stereocenters. The van der Waals surface area contributed by atoms with E-state index in [0.717, 1.165) is 27.2 Å². The van der Waals surface area contributed by atoms with Gasteiger partial charge >= 0.3 is 6.18 Å². The summed E-state index contributed by atoms with van der Waals surface area (Å²) in [6.07, 6.45) is -4.01. The smallest absolute Gasteiger partial charge is 0.299 e. The number of carbonyl (C=O) groups excluding carboxylic acids is 1. The number of rotatable bonds is 9. The number of alkyl halides is 3. The van der Waals surface area contributed by atoms with Gasteiger partial charge in [0.15, 0.2) is 9.84 Å². The highest BCUT2D eigenvalue weighted by atomic mass is 32.2. The summed E-state index contributed by atoms with van der Waals surface area (Å²) in [4.78, 5) is 20.9. The number of fused-ring (bicyclic) bond motifs is 1. The molecule has 0 saturated heterocycles. The van der Waals surface area contributed by atoms with Gasteiger partial charge < -0.3 is 0 Å². The van der Waals surface area contributed by atoms with Gasteiger partial charge in [-0.05, 0) is 35.2 Å². The molecule has 4 rings (SSSR count). The average Bonchev–Trinajstić information content (AvgIpc) is 3.35. The molecule has 10 heteroatoms. The fourth-order valence-corrected chi connectivity index (χ4v) is 6.75. The van der Waals surface area contributed by atoms with Crippen LogP contribution in [0.3, 0.4) is 0 Å². The minimum atomic E-state index is -4.38. The maximum absolute atomic E-state index is 13.1. The number of sulfone groups is 1. The van der Waals surface area contributed by atoms with E-state index in [0.29, 0.717) is 18.7 Å². The quantitative estimate of drug-likeness (QED) is 0.326. The summed E-state index contributed by atoms with van der Waals surface area (Å²) in [6.45, 7) is 6.67. The van der Waals surface area contributed by atoms with Crippen molar-refractivity contribution in [2.24, 2.45) is 5.92 Å². The fourth-order valence-electron chi connectivity index (χ4n) is 4.70. The lowest BCUT2D eigenvalue weighted by Crippen LogP contribution is -2.26. The zero-order valence-electron chi connectivity index (χ0n) is 20.9. The molecule has 0 spiro atoms. The summed E-state index contributed by atoms with van der Waals surface area (Å²) in [5, 5.41) is 0.726. The van der Waals surface area contributed by atoms with Crippen molar-refractivity contribution in [3.8, 4) is 0 Å². The Morgan fingerprint density at radius 3 is 2.43 bits per heavy atom. The van der Waals surface area contributed by atoms with E-state index in [2.05, 4.69) is 18.7 Å². The maximum atomic E-state index is 13.1. The van der Waals surface area contributed by atoms with Crippen LogP contribution in [0.25, 0.3) is 0 Å². The Balaban J connectivity index is 1.43. The van der Waals surface area contributed by atoms with Crippen LogP contribution in [0, 0.1) is 5.92 Å². The minimum Gasteiger partial charge on any atom is -0.299 e. The van der Waals surface area contributed by atoms with Crippen molar-refractivity contribution < 1.29 is 26.4 Å². The number of hydrogen-bond donors (Lipinski definition) is 0. The van der Waals surface area contributed by atoms with Crippen molar-refractivity contribution in [1.29, 1.82) is 0 Å². The fraction of sp³-hybridized carbons (Fsp3) is 0.407. The highest BCUT2D eigenvalue weighted by Crippen LogP contribution is 2.42. The summed E-state index contributed by atoms with van der Waals surface area (Å²) in [5.41, 5.74) is 1.60.